The fourth-order valence-electron chi connectivity index (χ4n) is 6.47. The molecule has 176 valence electrons. The van der Waals surface area contributed by atoms with Gasteiger partial charge in [-0.3, -0.25) is 9.80 Å². The number of rotatable bonds is 4. The maximum Gasteiger partial charge on any atom is 0.188 e. The van der Waals surface area contributed by atoms with Gasteiger partial charge < -0.3 is 24.1 Å². The van der Waals surface area contributed by atoms with Crippen LogP contribution in [-0.2, 0) is 25.5 Å². The summed E-state index contributed by atoms with van der Waals surface area (Å²) in [5.74, 6) is -0.593. The van der Waals surface area contributed by atoms with Gasteiger partial charge >= 0.3 is 0 Å². The third kappa shape index (κ3) is 3.54. The van der Waals surface area contributed by atoms with Crippen LogP contribution in [0.4, 0.5) is 0 Å². The summed E-state index contributed by atoms with van der Waals surface area (Å²) in [6, 6.07) is 10.7. The van der Waals surface area contributed by atoms with E-state index in [1.165, 1.54) is 31.2 Å². The van der Waals surface area contributed by atoms with Gasteiger partial charge in [0.2, 0.25) is 0 Å². The first-order valence-electron chi connectivity index (χ1n) is 12.3. The summed E-state index contributed by atoms with van der Waals surface area (Å²) in [6.07, 6.45) is 4.96. The van der Waals surface area contributed by atoms with Crippen molar-refractivity contribution in [1.29, 1.82) is 0 Å². The molecule has 0 aromatic heterocycles. The quantitative estimate of drug-likeness (QED) is 0.760. The summed E-state index contributed by atoms with van der Waals surface area (Å²) in [4.78, 5) is 4.76. The molecule has 0 unspecified atom stereocenters. The van der Waals surface area contributed by atoms with E-state index in [4.69, 9.17) is 24.1 Å². The molecule has 4 saturated heterocycles. The summed E-state index contributed by atoms with van der Waals surface area (Å²) < 4.78 is 23.6. The van der Waals surface area contributed by atoms with Gasteiger partial charge in [-0.25, -0.2) is 0 Å². The molecule has 4 aliphatic heterocycles. The van der Waals surface area contributed by atoms with Crippen molar-refractivity contribution in [2.75, 3.05) is 65.8 Å². The predicted molar refractivity (Wildman–Crippen MR) is 118 cm³/mol. The molecule has 1 aromatic carbocycles. The van der Waals surface area contributed by atoms with Crippen molar-refractivity contribution in [3.05, 3.63) is 35.9 Å². The maximum atomic E-state index is 8.93. The average Bonchev–Trinajstić information content (AvgIpc) is 3.53. The Balaban J connectivity index is 0.000000126. The average molecular weight is 445 g/mol. The molecule has 2 saturated carbocycles. The number of benzene rings is 1. The Hall–Kier alpha value is -1.06. The molecule has 4 spiro atoms. The minimum absolute atomic E-state index is 0.228. The summed E-state index contributed by atoms with van der Waals surface area (Å²) in [7, 11) is 0. The van der Waals surface area contributed by atoms with Gasteiger partial charge in [0.05, 0.1) is 46.1 Å². The largest absolute Gasteiger partial charge is 0.395 e. The summed E-state index contributed by atoms with van der Waals surface area (Å²) in [5, 5.41) is 8.93. The molecule has 7 rings (SSSR count). The Kier molecular flexibility index (Phi) is 5.38. The molecule has 32 heavy (non-hydrogen) atoms. The molecule has 4 heterocycles. The summed E-state index contributed by atoms with van der Waals surface area (Å²) in [5.41, 5.74) is 1.94. The van der Waals surface area contributed by atoms with Crippen LogP contribution < -0.4 is 0 Å². The maximum absolute atomic E-state index is 8.93. The van der Waals surface area contributed by atoms with E-state index in [2.05, 4.69) is 40.1 Å². The number of aliphatic hydroxyl groups excluding tert-OH is 1. The van der Waals surface area contributed by atoms with Crippen molar-refractivity contribution < 1.29 is 24.1 Å². The van der Waals surface area contributed by atoms with Gasteiger partial charge in [-0.15, -0.1) is 0 Å². The highest BCUT2D eigenvalue weighted by Gasteiger charge is 2.68. The molecular formula is C25H36N2O5. The van der Waals surface area contributed by atoms with Crippen molar-refractivity contribution in [1.82, 2.24) is 9.80 Å². The number of aliphatic hydroxyl groups is 1. The molecule has 0 amide bonds. The highest BCUT2D eigenvalue weighted by Crippen LogP contribution is 2.62. The number of likely N-dealkylation sites (tertiary alicyclic amines) is 2. The molecule has 0 bridgehead atoms. The number of fused-ring (bicyclic) bond motifs is 2. The molecule has 1 N–H and O–H groups in total. The lowest BCUT2D eigenvalue weighted by molar-refractivity contribution is -0.182. The van der Waals surface area contributed by atoms with Gasteiger partial charge in [-0.2, -0.15) is 0 Å². The lowest BCUT2D eigenvalue weighted by Gasteiger charge is -2.28. The van der Waals surface area contributed by atoms with E-state index in [0.29, 0.717) is 5.41 Å². The van der Waals surface area contributed by atoms with Crippen LogP contribution in [-0.4, -0.2) is 92.2 Å². The number of hydrogen-bond donors (Lipinski definition) is 1. The SMILES string of the molecule is OCCN1CC2(CC2)C2(C1)OCCO2.c1ccc(CN2CC3(CC3)C3(C2)OCCO3)cc1. The van der Waals surface area contributed by atoms with Crippen LogP contribution in [0.25, 0.3) is 0 Å². The van der Waals surface area contributed by atoms with Crippen LogP contribution in [0.5, 0.6) is 0 Å². The highest BCUT2D eigenvalue weighted by atomic mass is 16.7. The third-order valence-corrected chi connectivity index (χ3v) is 8.41. The van der Waals surface area contributed by atoms with Crippen LogP contribution >= 0.6 is 0 Å². The van der Waals surface area contributed by atoms with E-state index >= 15 is 0 Å². The second kappa shape index (κ2) is 8.01. The Bertz CT molecular complexity index is 798. The van der Waals surface area contributed by atoms with Gasteiger partial charge in [-0.05, 0) is 31.2 Å². The molecular weight excluding hydrogens is 408 g/mol. The van der Waals surface area contributed by atoms with E-state index in [-0.39, 0.29) is 23.6 Å². The van der Waals surface area contributed by atoms with Crippen LogP contribution in [0, 0.1) is 10.8 Å². The Morgan fingerprint density at radius 1 is 0.688 bits per heavy atom. The number of ether oxygens (including phenoxy) is 4. The van der Waals surface area contributed by atoms with Crippen molar-refractivity contribution in [3.8, 4) is 0 Å². The van der Waals surface area contributed by atoms with Crippen LogP contribution in [0.3, 0.4) is 0 Å². The third-order valence-electron chi connectivity index (χ3n) is 8.41. The first-order chi connectivity index (χ1) is 15.6. The zero-order valence-corrected chi connectivity index (χ0v) is 19.0. The molecule has 2 aliphatic carbocycles. The van der Waals surface area contributed by atoms with E-state index < -0.39 is 0 Å². The van der Waals surface area contributed by atoms with Crippen molar-refractivity contribution in [2.24, 2.45) is 10.8 Å². The van der Waals surface area contributed by atoms with Crippen molar-refractivity contribution >= 4 is 0 Å². The van der Waals surface area contributed by atoms with E-state index in [1.807, 2.05) is 0 Å². The molecule has 7 heteroatoms. The standard InChI is InChI=1S/C15H19NO2.C10H17NO3/c1-2-4-13(5-3-1)10-16-11-14(6-7-14)15(12-16)17-8-9-18-15;12-4-3-11-7-9(1-2-9)10(8-11)13-5-6-14-10/h1-5H,6-12H2;12H,1-8H2. The van der Waals surface area contributed by atoms with Crippen LogP contribution in [0.2, 0.25) is 0 Å². The van der Waals surface area contributed by atoms with Gasteiger partial charge in [0.25, 0.3) is 0 Å². The van der Waals surface area contributed by atoms with Gasteiger partial charge in [-0.1, -0.05) is 30.3 Å². The molecule has 0 radical (unpaired) electrons. The predicted octanol–water partition coefficient (Wildman–Crippen LogP) is 1.84. The number of nitrogens with zero attached hydrogens (tertiary/aromatic N) is 2. The number of hydrogen-bond acceptors (Lipinski definition) is 7. The van der Waals surface area contributed by atoms with Gasteiger partial charge in [0, 0.05) is 37.0 Å². The topological polar surface area (TPSA) is 63.6 Å². The first kappa shape index (κ1) is 21.5. The second-order valence-corrected chi connectivity index (χ2v) is 10.5. The normalized spacial score (nSPS) is 30.4. The van der Waals surface area contributed by atoms with E-state index in [0.717, 1.165) is 65.7 Å². The zero-order valence-electron chi connectivity index (χ0n) is 19.0. The molecule has 6 aliphatic rings. The Morgan fingerprint density at radius 2 is 1.19 bits per heavy atom. The lowest BCUT2D eigenvalue weighted by Crippen LogP contribution is -2.40. The smallest absolute Gasteiger partial charge is 0.188 e. The number of β-amino-alcohol motifs (C(OH)–C–C–N with tert-alkyl or cyclic N) is 1. The minimum Gasteiger partial charge on any atom is -0.395 e. The van der Waals surface area contributed by atoms with Crippen LogP contribution in [0.1, 0.15) is 31.2 Å². The molecule has 6 fully saturated rings. The Labute approximate surface area is 190 Å². The zero-order chi connectivity index (χ0) is 21.7. The second-order valence-electron chi connectivity index (χ2n) is 10.5. The molecule has 7 nitrogen and oxygen atoms in total. The van der Waals surface area contributed by atoms with Crippen molar-refractivity contribution in [2.45, 2.75) is 43.8 Å². The van der Waals surface area contributed by atoms with E-state index in [9.17, 15) is 0 Å². The summed E-state index contributed by atoms with van der Waals surface area (Å²) >= 11 is 0. The summed E-state index contributed by atoms with van der Waals surface area (Å²) in [6.45, 7) is 8.91. The highest BCUT2D eigenvalue weighted by molar-refractivity contribution is 5.18. The van der Waals surface area contributed by atoms with Gasteiger partial charge in [0.1, 0.15) is 0 Å². The fraction of sp³-hybridized carbons (Fsp3) is 0.760. The van der Waals surface area contributed by atoms with E-state index in [1.54, 1.807) is 0 Å². The van der Waals surface area contributed by atoms with Gasteiger partial charge in [0.15, 0.2) is 11.6 Å². The first-order valence-corrected chi connectivity index (χ1v) is 12.3. The lowest BCUT2D eigenvalue weighted by atomic mass is 10.00. The van der Waals surface area contributed by atoms with Crippen LogP contribution in [0.15, 0.2) is 30.3 Å². The minimum atomic E-state index is -0.317. The molecule has 0 atom stereocenters. The molecule has 1 aromatic rings. The monoisotopic (exact) mass is 444 g/mol. The Morgan fingerprint density at radius 3 is 1.69 bits per heavy atom. The van der Waals surface area contributed by atoms with Crippen molar-refractivity contribution in [3.63, 3.8) is 0 Å². The fourth-order valence-corrected chi connectivity index (χ4v) is 6.47.